The minimum atomic E-state index is 0.392. The Hall–Kier alpha value is -0.330. The van der Waals surface area contributed by atoms with Crippen molar-refractivity contribution >= 4 is 5.78 Å². The van der Waals surface area contributed by atoms with Crippen LogP contribution >= 0.6 is 0 Å². The minimum absolute atomic E-state index is 0.392. The molecule has 14 heavy (non-hydrogen) atoms. The Morgan fingerprint density at radius 3 is 2.50 bits per heavy atom. The Balaban J connectivity index is 2.44. The molecule has 0 aromatic rings. The van der Waals surface area contributed by atoms with E-state index in [0.29, 0.717) is 11.7 Å². The first-order valence-corrected chi connectivity index (χ1v) is 6.17. The van der Waals surface area contributed by atoms with Crippen LogP contribution in [0.3, 0.4) is 0 Å². The number of hydrogen-bond acceptors (Lipinski definition) is 1. The molecule has 0 spiro atoms. The van der Waals surface area contributed by atoms with Gasteiger partial charge >= 0.3 is 0 Å². The summed E-state index contributed by atoms with van der Waals surface area (Å²) in [7, 11) is 0. The second-order valence-electron chi connectivity index (χ2n) is 5.03. The smallest absolute Gasteiger partial charge is 0.135 e. The van der Waals surface area contributed by atoms with E-state index in [1.807, 2.05) is 6.92 Å². The van der Waals surface area contributed by atoms with Gasteiger partial charge in [-0.05, 0) is 31.1 Å². The summed E-state index contributed by atoms with van der Waals surface area (Å²) in [5.74, 6) is 2.55. The first kappa shape index (κ1) is 11.7. The molecular formula is C13H24O. The molecule has 2 unspecified atom stereocenters. The molecule has 1 aliphatic rings. The fraction of sp³-hybridized carbons (Fsp3) is 0.923. The summed E-state index contributed by atoms with van der Waals surface area (Å²) >= 11 is 0. The summed E-state index contributed by atoms with van der Waals surface area (Å²) in [6.45, 7) is 6.62. The fourth-order valence-electron chi connectivity index (χ4n) is 2.61. The molecule has 0 amide bonds. The number of rotatable bonds is 3. The van der Waals surface area contributed by atoms with Gasteiger partial charge in [0.2, 0.25) is 0 Å². The average Bonchev–Trinajstić information content (AvgIpc) is 2.41. The topological polar surface area (TPSA) is 17.1 Å². The molecule has 1 aliphatic carbocycles. The van der Waals surface area contributed by atoms with Gasteiger partial charge in [0, 0.05) is 12.3 Å². The van der Waals surface area contributed by atoms with Crippen LogP contribution < -0.4 is 0 Å². The standard InChI is InChI=1S/C13H24O/c1-4-13(14)12-7-5-6-11(8-9-12)10(2)3/h10-12H,4-9H2,1-3H3. The zero-order chi connectivity index (χ0) is 10.6. The fourth-order valence-corrected chi connectivity index (χ4v) is 2.61. The maximum atomic E-state index is 11.6. The lowest BCUT2D eigenvalue weighted by atomic mass is 9.88. The van der Waals surface area contributed by atoms with Gasteiger partial charge in [0.1, 0.15) is 5.78 Å². The molecule has 1 heteroatoms. The third-order valence-electron chi connectivity index (χ3n) is 3.76. The van der Waals surface area contributed by atoms with Gasteiger partial charge < -0.3 is 0 Å². The Morgan fingerprint density at radius 2 is 1.93 bits per heavy atom. The van der Waals surface area contributed by atoms with Crippen molar-refractivity contribution in [1.82, 2.24) is 0 Å². The molecule has 1 rings (SSSR count). The highest BCUT2D eigenvalue weighted by atomic mass is 16.1. The highest BCUT2D eigenvalue weighted by Crippen LogP contribution is 2.32. The predicted octanol–water partition coefficient (Wildman–Crippen LogP) is 3.82. The van der Waals surface area contributed by atoms with Crippen molar-refractivity contribution in [2.24, 2.45) is 17.8 Å². The first-order valence-electron chi connectivity index (χ1n) is 6.17. The van der Waals surface area contributed by atoms with Crippen LogP contribution in [-0.4, -0.2) is 5.78 Å². The third kappa shape index (κ3) is 3.11. The van der Waals surface area contributed by atoms with Gasteiger partial charge in [-0.3, -0.25) is 4.79 Å². The molecule has 0 aromatic carbocycles. The summed E-state index contributed by atoms with van der Waals surface area (Å²) in [4.78, 5) is 11.6. The molecule has 0 N–H and O–H groups in total. The molecule has 0 aromatic heterocycles. The van der Waals surface area contributed by atoms with E-state index >= 15 is 0 Å². The lowest BCUT2D eigenvalue weighted by Gasteiger charge is -2.18. The molecule has 0 saturated heterocycles. The van der Waals surface area contributed by atoms with Crippen LogP contribution in [0.25, 0.3) is 0 Å². The number of hydrogen-bond donors (Lipinski definition) is 0. The number of carbonyl (C=O) groups excluding carboxylic acids is 1. The van der Waals surface area contributed by atoms with Crippen LogP contribution in [-0.2, 0) is 4.79 Å². The second-order valence-corrected chi connectivity index (χ2v) is 5.03. The van der Waals surface area contributed by atoms with E-state index in [2.05, 4.69) is 13.8 Å². The Morgan fingerprint density at radius 1 is 1.21 bits per heavy atom. The molecule has 82 valence electrons. The molecule has 0 bridgehead atoms. The zero-order valence-electron chi connectivity index (χ0n) is 9.88. The van der Waals surface area contributed by atoms with Gasteiger partial charge in [0.25, 0.3) is 0 Å². The van der Waals surface area contributed by atoms with E-state index in [-0.39, 0.29) is 0 Å². The molecule has 0 aliphatic heterocycles. The first-order chi connectivity index (χ1) is 6.65. The van der Waals surface area contributed by atoms with Crippen molar-refractivity contribution in [3.8, 4) is 0 Å². The summed E-state index contributed by atoms with van der Waals surface area (Å²) in [5.41, 5.74) is 0. The molecule has 1 nitrogen and oxygen atoms in total. The van der Waals surface area contributed by atoms with Crippen LogP contribution in [0.4, 0.5) is 0 Å². The van der Waals surface area contributed by atoms with Crippen molar-refractivity contribution in [2.75, 3.05) is 0 Å². The molecular weight excluding hydrogens is 172 g/mol. The molecule has 0 heterocycles. The van der Waals surface area contributed by atoms with Gasteiger partial charge in [-0.15, -0.1) is 0 Å². The van der Waals surface area contributed by atoms with E-state index < -0.39 is 0 Å². The summed E-state index contributed by atoms with van der Waals surface area (Å²) in [6, 6.07) is 0. The van der Waals surface area contributed by atoms with Gasteiger partial charge in [-0.1, -0.05) is 33.6 Å². The second kappa shape index (κ2) is 5.53. The van der Waals surface area contributed by atoms with Crippen molar-refractivity contribution in [2.45, 2.75) is 59.3 Å². The zero-order valence-corrected chi connectivity index (χ0v) is 9.88. The van der Waals surface area contributed by atoms with Crippen molar-refractivity contribution in [1.29, 1.82) is 0 Å². The summed E-state index contributed by atoms with van der Waals surface area (Å²) < 4.78 is 0. The van der Waals surface area contributed by atoms with Crippen LogP contribution in [0.15, 0.2) is 0 Å². The van der Waals surface area contributed by atoms with E-state index in [0.717, 1.165) is 31.1 Å². The van der Waals surface area contributed by atoms with E-state index in [4.69, 9.17) is 0 Å². The van der Waals surface area contributed by atoms with Crippen LogP contribution in [0.1, 0.15) is 59.3 Å². The molecule has 1 fully saturated rings. The van der Waals surface area contributed by atoms with Gasteiger partial charge in [0.05, 0.1) is 0 Å². The lowest BCUT2D eigenvalue weighted by molar-refractivity contribution is -0.122. The number of carbonyl (C=O) groups is 1. The highest BCUT2D eigenvalue weighted by molar-refractivity contribution is 5.80. The summed E-state index contributed by atoms with van der Waals surface area (Å²) in [6.07, 6.45) is 6.90. The van der Waals surface area contributed by atoms with E-state index in [9.17, 15) is 4.79 Å². The van der Waals surface area contributed by atoms with Crippen molar-refractivity contribution in [3.05, 3.63) is 0 Å². The summed E-state index contributed by atoms with van der Waals surface area (Å²) in [5, 5.41) is 0. The normalized spacial score (nSPS) is 28.9. The SMILES string of the molecule is CCC(=O)C1CCCC(C(C)C)CC1. The number of ketones is 1. The third-order valence-corrected chi connectivity index (χ3v) is 3.76. The van der Waals surface area contributed by atoms with E-state index in [1.54, 1.807) is 0 Å². The molecule has 2 atom stereocenters. The van der Waals surface area contributed by atoms with Crippen LogP contribution in [0.2, 0.25) is 0 Å². The maximum absolute atomic E-state index is 11.6. The highest BCUT2D eigenvalue weighted by Gasteiger charge is 2.24. The molecule has 1 saturated carbocycles. The van der Waals surface area contributed by atoms with Gasteiger partial charge in [0.15, 0.2) is 0 Å². The quantitative estimate of drug-likeness (QED) is 0.627. The maximum Gasteiger partial charge on any atom is 0.135 e. The largest absolute Gasteiger partial charge is 0.299 e. The van der Waals surface area contributed by atoms with E-state index in [1.165, 1.54) is 19.3 Å². The Labute approximate surface area is 88.3 Å². The predicted molar refractivity (Wildman–Crippen MR) is 60.2 cm³/mol. The Kier molecular flexibility index (Phi) is 4.64. The van der Waals surface area contributed by atoms with Crippen molar-refractivity contribution < 1.29 is 4.79 Å². The number of Topliss-reactive ketones (excluding diaryl/α,β-unsaturated/α-hetero) is 1. The van der Waals surface area contributed by atoms with Crippen LogP contribution in [0, 0.1) is 17.8 Å². The van der Waals surface area contributed by atoms with Crippen LogP contribution in [0.5, 0.6) is 0 Å². The minimum Gasteiger partial charge on any atom is -0.299 e. The molecule has 0 radical (unpaired) electrons. The lowest BCUT2D eigenvalue weighted by Crippen LogP contribution is -2.13. The van der Waals surface area contributed by atoms with Gasteiger partial charge in [-0.25, -0.2) is 0 Å². The van der Waals surface area contributed by atoms with Gasteiger partial charge in [-0.2, -0.15) is 0 Å². The monoisotopic (exact) mass is 196 g/mol. The average molecular weight is 196 g/mol. The van der Waals surface area contributed by atoms with Crippen molar-refractivity contribution in [3.63, 3.8) is 0 Å². The Bertz CT molecular complexity index is 184.